The molecule has 1 aromatic heterocycles. The molecule has 0 radical (unpaired) electrons. The van der Waals surface area contributed by atoms with Crippen LogP contribution in [0.3, 0.4) is 0 Å². The molecule has 0 aliphatic rings. The molecule has 7 heteroatoms. The Hall–Kier alpha value is -3.71. The van der Waals surface area contributed by atoms with Crippen molar-refractivity contribution in [2.24, 2.45) is 5.10 Å². The van der Waals surface area contributed by atoms with Crippen molar-refractivity contribution in [2.45, 2.75) is 13.5 Å². The number of aryl methyl sites for hydroxylation is 1. The van der Waals surface area contributed by atoms with Crippen molar-refractivity contribution < 1.29 is 9.47 Å². The highest BCUT2D eigenvalue weighted by Crippen LogP contribution is 2.28. The first kappa shape index (κ1) is 20.6. The molecule has 1 heterocycles. The van der Waals surface area contributed by atoms with Gasteiger partial charge in [0.1, 0.15) is 6.61 Å². The van der Waals surface area contributed by atoms with E-state index in [1.807, 2.05) is 79.7 Å². The molecule has 156 valence electrons. The lowest BCUT2D eigenvalue weighted by Gasteiger charge is -2.11. The van der Waals surface area contributed by atoms with Crippen molar-refractivity contribution in [1.29, 1.82) is 0 Å². The van der Waals surface area contributed by atoms with Gasteiger partial charge in [0.05, 0.1) is 13.3 Å². The Morgan fingerprint density at radius 3 is 2.65 bits per heavy atom. The summed E-state index contributed by atoms with van der Waals surface area (Å²) < 4.78 is 13.5. The summed E-state index contributed by atoms with van der Waals surface area (Å²) in [6.45, 7) is 2.50. The van der Waals surface area contributed by atoms with Crippen LogP contribution in [0.25, 0.3) is 11.4 Å². The van der Waals surface area contributed by atoms with E-state index in [1.165, 1.54) is 0 Å². The number of nitrogens with zero attached hydrogens (tertiary/aromatic N) is 3. The third-order valence-electron chi connectivity index (χ3n) is 4.67. The number of ether oxygens (including phenoxy) is 2. The number of aromatic amines is 1. The summed E-state index contributed by atoms with van der Waals surface area (Å²) in [5.74, 6) is 1.96. The van der Waals surface area contributed by atoms with Crippen molar-refractivity contribution in [3.63, 3.8) is 0 Å². The minimum atomic E-state index is 0.419. The normalized spacial score (nSPS) is 11.0. The van der Waals surface area contributed by atoms with Crippen LogP contribution in [0.2, 0.25) is 0 Å². The van der Waals surface area contributed by atoms with Crippen LogP contribution in [0.1, 0.15) is 16.7 Å². The quantitative estimate of drug-likeness (QED) is 0.316. The van der Waals surface area contributed by atoms with Crippen LogP contribution in [0.5, 0.6) is 11.5 Å². The Morgan fingerprint density at radius 1 is 1.03 bits per heavy atom. The van der Waals surface area contributed by atoms with Gasteiger partial charge in [-0.1, -0.05) is 54.1 Å². The monoisotopic (exact) mass is 430 g/mol. The molecule has 0 saturated heterocycles. The van der Waals surface area contributed by atoms with Gasteiger partial charge in [0, 0.05) is 5.56 Å². The number of nitrogens with one attached hydrogen (secondary N) is 1. The van der Waals surface area contributed by atoms with Gasteiger partial charge in [-0.2, -0.15) is 14.9 Å². The summed E-state index contributed by atoms with van der Waals surface area (Å²) in [4.78, 5) is 0. The zero-order chi connectivity index (χ0) is 21.6. The lowest BCUT2D eigenvalue weighted by molar-refractivity contribution is 0.284. The summed E-state index contributed by atoms with van der Waals surface area (Å²) in [6.07, 6.45) is 1.72. The summed E-state index contributed by atoms with van der Waals surface area (Å²) in [5, 5.41) is 11.7. The van der Waals surface area contributed by atoms with Crippen LogP contribution < -0.4 is 9.47 Å². The second kappa shape index (κ2) is 9.40. The van der Waals surface area contributed by atoms with Gasteiger partial charge in [0.15, 0.2) is 17.3 Å². The van der Waals surface area contributed by atoms with Gasteiger partial charge in [-0.05, 0) is 54.5 Å². The molecule has 0 aliphatic carbocycles. The van der Waals surface area contributed by atoms with Gasteiger partial charge in [0.25, 0.3) is 0 Å². The van der Waals surface area contributed by atoms with Crippen LogP contribution >= 0.6 is 12.2 Å². The van der Waals surface area contributed by atoms with Crippen molar-refractivity contribution in [3.8, 4) is 22.9 Å². The van der Waals surface area contributed by atoms with Gasteiger partial charge in [0.2, 0.25) is 4.77 Å². The van der Waals surface area contributed by atoms with Crippen LogP contribution in [-0.4, -0.2) is 28.2 Å². The highest BCUT2D eigenvalue weighted by atomic mass is 32.1. The summed E-state index contributed by atoms with van der Waals surface area (Å²) in [7, 11) is 1.62. The number of hydrogen-bond acceptors (Lipinski definition) is 5. The maximum absolute atomic E-state index is 5.92. The van der Waals surface area contributed by atoms with E-state index in [0.29, 0.717) is 28.7 Å². The number of methoxy groups -OCH3 is 1. The van der Waals surface area contributed by atoms with E-state index < -0.39 is 0 Å². The molecule has 0 spiro atoms. The fourth-order valence-electron chi connectivity index (χ4n) is 3.11. The molecule has 4 rings (SSSR count). The maximum atomic E-state index is 5.92. The SMILES string of the molecule is COc1cc(/C=N\n2c(-c3cccc(C)c3)n[nH]c2=S)ccc1OCc1ccccc1. The molecule has 0 saturated carbocycles. The highest BCUT2D eigenvalue weighted by molar-refractivity contribution is 7.71. The average molecular weight is 431 g/mol. The molecular weight excluding hydrogens is 408 g/mol. The van der Waals surface area contributed by atoms with Crippen LogP contribution in [0, 0.1) is 11.7 Å². The van der Waals surface area contributed by atoms with E-state index in [0.717, 1.165) is 22.3 Å². The van der Waals surface area contributed by atoms with Crippen LogP contribution in [0.4, 0.5) is 0 Å². The Balaban J connectivity index is 1.56. The number of benzene rings is 3. The number of rotatable bonds is 7. The molecule has 6 nitrogen and oxygen atoms in total. The van der Waals surface area contributed by atoms with E-state index in [-0.39, 0.29) is 0 Å². The fourth-order valence-corrected chi connectivity index (χ4v) is 3.29. The largest absolute Gasteiger partial charge is 0.493 e. The molecule has 0 amide bonds. The lowest BCUT2D eigenvalue weighted by Crippen LogP contribution is -1.99. The Morgan fingerprint density at radius 2 is 1.87 bits per heavy atom. The first-order chi connectivity index (χ1) is 15.1. The first-order valence-electron chi connectivity index (χ1n) is 9.77. The Labute approximate surface area is 185 Å². The van der Waals surface area contributed by atoms with E-state index in [2.05, 4.69) is 15.3 Å². The minimum absolute atomic E-state index is 0.419. The predicted molar refractivity (Wildman–Crippen MR) is 124 cm³/mol. The van der Waals surface area contributed by atoms with E-state index in [4.69, 9.17) is 21.7 Å². The fraction of sp³-hybridized carbons (Fsp3) is 0.125. The average Bonchev–Trinajstić information content (AvgIpc) is 3.17. The zero-order valence-corrected chi connectivity index (χ0v) is 18.1. The molecule has 0 aliphatic heterocycles. The van der Waals surface area contributed by atoms with Gasteiger partial charge in [-0.3, -0.25) is 0 Å². The first-order valence-corrected chi connectivity index (χ1v) is 10.2. The van der Waals surface area contributed by atoms with Gasteiger partial charge in [-0.15, -0.1) is 0 Å². The summed E-state index contributed by atoms with van der Waals surface area (Å²) in [5.41, 5.74) is 4.01. The summed E-state index contributed by atoms with van der Waals surface area (Å²) >= 11 is 5.36. The second-order valence-corrected chi connectivity index (χ2v) is 7.35. The zero-order valence-electron chi connectivity index (χ0n) is 17.3. The Kier molecular flexibility index (Phi) is 6.24. The van der Waals surface area contributed by atoms with Crippen molar-refractivity contribution in [1.82, 2.24) is 14.9 Å². The summed E-state index contributed by atoms with van der Waals surface area (Å²) in [6, 6.07) is 23.7. The smallest absolute Gasteiger partial charge is 0.216 e. The van der Waals surface area contributed by atoms with Gasteiger partial charge < -0.3 is 9.47 Å². The number of H-pyrrole nitrogens is 1. The highest BCUT2D eigenvalue weighted by Gasteiger charge is 2.09. The molecule has 4 aromatic rings. The van der Waals surface area contributed by atoms with Crippen molar-refractivity contribution >= 4 is 18.4 Å². The third-order valence-corrected chi connectivity index (χ3v) is 4.94. The Bertz CT molecular complexity index is 1260. The van der Waals surface area contributed by atoms with E-state index >= 15 is 0 Å². The van der Waals surface area contributed by atoms with E-state index in [1.54, 1.807) is 18.0 Å². The van der Waals surface area contributed by atoms with Crippen molar-refractivity contribution in [3.05, 3.63) is 94.3 Å². The molecule has 31 heavy (non-hydrogen) atoms. The van der Waals surface area contributed by atoms with E-state index in [9.17, 15) is 0 Å². The molecular formula is C24H22N4O2S. The molecule has 0 fully saturated rings. The van der Waals surface area contributed by atoms with Crippen LogP contribution in [0.15, 0.2) is 77.9 Å². The molecule has 1 N–H and O–H groups in total. The third kappa shape index (κ3) is 4.90. The number of aromatic nitrogens is 3. The molecule has 0 bridgehead atoms. The molecule has 0 atom stereocenters. The topological polar surface area (TPSA) is 64.4 Å². The van der Waals surface area contributed by atoms with Crippen molar-refractivity contribution in [2.75, 3.05) is 7.11 Å². The second-order valence-electron chi connectivity index (χ2n) is 6.96. The van der Waals surface area contributed by atoms with Crippen LogP contribution in [-0.2, 0) is 6.61 Å². The van der Waals surface area contributed by atoms with Gasteiger partial charge in [-0.25, -0.2) is 5.10 Å². The predicted octanol–water partition coefficient (Wildman–Crippen LogP) is 5.39. The molecule has 3 aromatic carbocycles. The lowest BCUT2D eigenvalue weighted by atomic mass is 10.1. The number of hydrogen-bond donors (Lipinski definition) is 1. The minimum Gasteiger partial charge on any atom is -0.493 e. The standard InChI is InChI=1S/C24H22N4O2S/c1-17-7-6-10-20(13-17)23-26-27-24(31)28(23)25-15-19-11-12-21(22(14-19)29-2)30-16-18-8-4-3-5-9-18/h3-15H,16H2,1-2H3,(H,27,31)/b25-15-. The molecule has 0 unspecified atom stereocenters. The maximum Gasteiger partial charge on any atom is 0.216 e. The van der Waals surface area contributed by atoms with Gasteiger partial charge >= 0.3 is 0 Å².